The molecular formula is C10H8BrN3O. The second-order valence-electron chi connectivity index (χ2n) is 2.97. The molecule has 15 heavy (non-hydrogen) atoms. The van der Waals surface area contributed by atoms with Crippen molar-refractivity contribution < 1.29 is 0 Å². The Morgan fingerprint density at radius 2 is 2.33 bits per heavy atom. The van der Waals surface area contributed by atoms with Gasteiger partial charge < -0.3 is 4.98 Å². The Balaban J connectivity index is 2.51. The Morgan fingerprint density at radius 1 is 1.47 bits per heavy atom. The Morgan fingerprint density at radius 3 is 3.00 bits per heavy atom. The second-order valence-corrected chi connectivity index (χ2v) is 3.53. The summed E-state index contributed by atoms with van der Waals surface area (Å²) < 4.78 is 0. The van der Waals surface area contributed by atoms with Crippen molar-refractivity contribution in [3.63, 3.8) is 0 Å². The fraction of sp³-hybridized carbons (Fsp3) is 0.100. The SMILES string of the molecule is O=c1[nH]cc(-c2ccncn2)cc1CBr. The van der Waals surface area contributed by atoms with E-state index in [0.717, 1.165) is 11.3 Å². The Hall–Kier alpha value is -1.49. The molecule has 76 valence electrons. The molecular weight excluding hydrogens is 258 g/mol. The molecule has 2 rings (SSSR count). The highest BCUT2D eigenvalue weighted by molar-refractivity contribution is 9.08. The maximum Gasteiger partial charge on any atom is 0.252 e. The first-order valence-corrected chi connectivity index (χ1v) is 5.47. The van der Waals surface area contributed by atoms with Gasteiger partial charge in [-0.15, -0.1) is 0 Å². The summed E-state index contributed by atoms with van der Waals surface area (Å²) in [6.07, 6.45) is 4.80. The van der Waals surface area contributed by atoms with Crippen molar-refractivity contribution >= 4 is 15.9 Å². The van der Waals surface area contributed by atoms with E-state index in [4.69, 9.17) is 0 Å². The van der Waals surface area contributed by atoms with Crippen molar-refractivity contribution in [1.29, 1.82) is 0 Å². The van der Waals surface area contributed by atoms with E-state index in [0.29, 0.717) is 10.9 Å². The van der Waals surface area contributed by atoms with E-state index in [-0.39, 0.29) is 5.56 Å². The second kappa shape index (κ2) is 4.35. The number of aromatic nitrogens is 3. The molecule has 1 N–H and O–H groups in total. The van der Waals surface area contributed by atoms with E-state index in [1.165, 1.54) is 6.33 Å². The topological polar surface area (TPSA) is 58.6 Å². The van der Waals surface area contributed by atoms with Crippen LogP contribution in [-0.2, 0) is 5.33 Å². The van der Waals surface area contributed by atoms with Gasteiger partial charge in [0.15, 0.2) is 0 Å². The average Bonchev–Trinajstić information content (AvgIpc) is 2.31. The molecule has 0 aliphatic heterocycles. The first-order chi connectivity index (χ1) is 7.31. The quantitative estimate of drug-likeness (QED) is 0.842. The largest absolute Gasteiger partial charge is 0.328 e. The number of alkyl halides is 1. The number of rotatable bonds is 2. The van der Waals surface area contributed by atoms with Gasteiger partial charge in [-0.1, -0.05) is 15.9 Å². The molecule has 0 amide bonds. The number of pyridine rings is 1. The molecule has 0 saturated heterocycles. The van der Waals surface area contributed by atoms with Gasteiger partial charge >= 0.3 is 0 Å². The average molecular weight is 266 g/mol. The first kappa shape index (κ1) is 10.0. The van der Waals surface area contributed by atoms with Crippen LogP contribution in [0.2, 0.25) is 0 Å². The molecule has 0 aliphatic rings. The zero-order valence-corrected chi connectivity index (χ0v) is 9.36. The van der Waals surface area contributed by atoms with Crippen molar-refractivity contribution in [2.45, 2.75) is 5.33 Å². The molecule has 2 aromatic rings. The lowest BCUT2D eigenvalue weighted by atomic mass is 10.1. The van der Waals surface area contributed by atoms with Crippen LogP contribution in [0, 0.1) is 0 Å². The Bertz CT molecular complexity index is 510. The number of hydrogen-bond acceptors (Lipinski definition) is 3. The van der Waals surface area contributed by atoms with Crippen LogP contribution in [0.4, 0.5) is 0 Å². The third-order valence-corrected chi connectivity index (χ3v) is 2.61. The van der Waals surface area contributed by atoms with Gasteiger partial charge in [0, 0.05) is 28.9 Å². The summed E-state index contributed by atoms with van der Waals surface area (Å²) in [5.41, 5.74) is 2.28. The molecule has 0 saturated carbocycles. The molecule has 0 spiro atoms. The molecule has 0 aromatic carbocycles. The van der Waals surface area contributed by atoms with E-state index in [2.05, 4.69) is 30.9 Å². The van der Waals surface area contributed by atoms with Crippen molar-refractivity contribution in [3.05, 3.63) is 46.8 Å². The van der Waals surface area contributed by atoms with Crippen molar-refractivity contribution in [1.82, 2.24) is 15.0 Å². The lowest BCUT2D eigenvalue weighted by Crippen LogP contribution is -2.10. The zero-order valence-electron chi connectivity index (χ0n) is 7.77. The highest BCUT2D eigenvalue weighted by Gasteiger charge is 2.02. The molecule has 4 nitrogen and oxygen atoms in total. The summed E-state index contributed by atoms with van der Waals surface area (Å²) in [5, 5.41) is 0.529. The molecule has 0 unspecified atom stereocenters. The monoisotopic (exact) mass is 265 g/mol. The van der Waals surface area contributed by atoms with E-state index in [9.17, 15) is 4.79 Å². The minimum Gasteiger partial charge on any atom is -0.328 e. The normalized spacial score (nSPS) is 10.2. The summed E-state index contributed by atoms with van der Waals surface area (Å²) in [6.45, 7) is 0. The Kier molecular flexibility index (Phi) is 2.91. The number of nitrogens with zero attached hydrogens (tertiary/aromatic N) is 2. The standard InChI is InChI=1S/C10H8BrN3O/c11-4-7-3-8(5-13-10(7)15)9-1-2-12-6-14-9/h1-3,5-6H,4H2,(H,13,15). The Labute approximate surface area is 94.5 Å². The van der Waals surface area contributed by atoms with E-state index in [1.807, 2.05) is 6.07 Å². The van der Waals surface area contributed by atoms with Gasteiger partial charge in [-0.2, -0.15) is 0 Å². The minimum absolute atomic E-state index is 0.0790. The zero-order chi connectivity index (χ0) is 10.7. The van der Waals surface area contributed by atoms with Gasteiger partial charge in [0.25, 0.3) is 5.56 Å². The number of aromatic amines is 1. The number of halogens is 1. The predicted molar refractivity (Wildman–Crippen MR) is 60.7 cm³/mol. The molecule has 2 aromatic heterocycles. The van der Waals surface area contributed by atoms with Crippen LogP contribution in [-0.4, -0.2) is 15.0 Å². The molecule has 0 aliphatic carbocycles. The fourth-order valence-corrected chi connectivity index (χ4v) is 1.66. The molecule has 5 heteroatoms. The van der Waals surface area contributed by atoms with Gasteiger partial charge in [0.2, 0.25) is 0 Å². The van der Waals surface area contributed by atoms with Crippen LogP contribution in [0.15, 0.2) is 35.6 Å². The third-order valence-electron chi connectivity index (χ3n) is 2.00. The molecule has 0 bridgehead atoms. The van der Waals surface area contributed by atoms with Gasteiger partial charge in [0.05, 0.1) is 5.69 Å². The number of H-pyrrole nitrogens is 1. The molecule has 0 atom stereocenters. The van der Waals surface area contributed by atoms with Gasteiger partial charge in [-0.25, -0.2) is 9.97 Å². The summed E-state index contributed by atoms with van der Waals surface area (Å²) in [5.74, 6) is 0. The summed E-state index contributed by atoms with van der Waals surface area (Å²) in [4.78, 5) is 21.9. The van der Waals surface area contributed by atoms with Crippen LogP contribution in [0.3, 0.4) is 0 Å². The molecule has 0 radical (unpaired) electrons. The van der Waals surface area contributed by atoms with Crippen molar-refractivity contribution in [3.8, 4) is 11.3 Å². The van der Waals surface area contributed by atoms with Crippen LogP contribution in [0.1, 0.15) is 5.56 Å². The minimum atomic E-state index is -0.0790. The van der Waals surface area contributed by atoms with Gasteiger partial charge in [-0.05, 0) is 12.1 Å². The molecule has 0 fully saturated rings. The van der Waals surface area contributed by atoms with E-state index < -0.39 is 0 Å². The van der Waals surface area contributed by atoms with Crippen LogP contribution >= 0.6 is 15.9 Å². The first-order valence-electron chi connectivity index (χ1n) is 4.35. The van der Waals surface area contributed by atoms with Crippen LogP contribution in [0.5, 0.6) is 0 Å². The van der Waals surface area contributed by atoms with E-state index >= 15 is 0 Å². The highest BCUT2D eigenvalue weighted by Crippen LogP contribution is 2.14. The third kappa shape index (κ3) is 2.12. The highest BCUT2D eigenvalue weighted by atomic mass is 79.9. The smallest absolute Gasteiger partial charge is 0.252 e. The lowest BCUT2D eigenvalue weighted by molar-refractivity contribution is 1.14. The summed E-state index contributed by atoms with van der Waals surface area (Å²) in [7, 11) is 0. The maximum absolute atomic E-state index is 11.3. The van der Waals surface area contributed by atoms with Crippen LogP contribution in [0.25, 0.3) is 11.3 Å². The fourth-order valence-electron chi connectivity index (χ4n) is 1.24. The number of nitrogens with one attached hydrogen (secondary N) is 1. The van der Waals surface area contributed by atoms with Crippen molar-refractivity contribution in [2.24, 2.45) is 0 Å². The molecule has 2 heterocycles. The van der Waals surface area contributed by atoms with E-state index in [1.54, 1.807) is 18.5 Å². The van der Waals surface area contributed by atoms with Gasteiger partial charge in [-0.3, -0.25) is 4.79 Å². The summed E-state index contributed by atoms with van der Waals surface area (Å²) >= 11 is 3.26. The summed E-state index contributed by atoms with van der Waals surface area (Å²) in [6, 6.07) is 3.61. The van der Waals surface area contributed by atoms with Crippen LogP contribution < -0.4 is 5.56 Å². The van der Waals surface area contributed by atoms with Gasteiger partial charge in [0.1, 0.15) is 6.33 Å². The predicted octanol–water partition coefficient (Wildman–Crippen LogP) is 1.73. The lowest BCUT2D eigenvalue weighted by Gasteiger charge is -2.01. The van der Waals surface area contributed by atoms with Crippen molar-refractivity contribution in [2.75, 3.05) is 0 Å². The maximum atomic E-state index is 11.3. The number of hydrogen-bond donors (Lipinski definition) is 1.